The fourth-order valence-electron chi connectivity index (χ4n) is 3.43. The number of anilines is 1. The Balaban J connectivity index is 1.67. The molecule has 4 rings (SSSR count). The molecule has 0 radical (unpaired) electrons. The smallest absolute Gasteiger partial charge is 0.278 e. The number of methoxy groups -OCH3 is 2. The van der Waals surface area contributed by atoms with Gasteiger partial charge in [0.1, 0.15) is 5.70 Å². The molecule has 2 heterocycles. The van der Waals surface area contributed by atoms with Crippen LogP contribution < -0.4 is 14.8 Å². The lowest BCUT2D eigenvalue weighted by Gasteiger charge is -2.17. The number of aryl methyl sites for hydroxylation is 1. The van der Waals surface area contributed by atoms with Gasteiger partial charge in [-0.1, -0.05) is 29.8 Å². The molecule has 158 valence electrons. The number of hydrogen-bond donors (Lipinski definition) is 1. The molecule has 7 heteroatoms. The molecule has 1 aromatic heterocycles. The molecule has 31 heavy (non-hydrogen) atoms. The van der Waals surface area contributed by atoms with Gasteiger partial charge in [-0.2, -0.15) is 0 Å². The summed E-state index contributed by atoms with van der Waals surface area (Å²) in [7, 11) is 3.11. The van der Waals surface area contributed by atoms with Crippen molar-refractivity contribution in [2.75, 3.05) is 19.5 Å². The average Bonchev–Trinajstić information content (AvgIpc) is 3.38. The van der Waals surface area contributed by atoms with E-state index < -0.39 is 0 Å². The topological polar surface area (TPSA) is 67.9 Å². The van der Waals surface area contributed by atoms with Crippen molar-refractivity contribution in [3.8, 4) is 11.5 Å². The number of benzene rings is 2. The van der Waals surface area contributed by atoms with Gasteiger partial charge in [0.15, 0.2) is 11.5 Å². The Morgan fingerprint density at radius 3 is 2.32 bits per heavy atom. The average molecular weight is 435 g/mol. The van der Waals surface area contributed by atoms with Crippen LogP contribution in [0.4, 0.5) is 5.69 Å². The molecule has 1 aliphatic heterocycles. The lowest BCUT2D eigenvalue weighted by molar-refractivity contribution is -0.137. The Bertz CT molecular complexity index is 1150. The second-order valence-electron chi connectivity index (χ2n) is 7.10. The van der Waals surface area contributed by atoms with E-state index in [0.29, 0.717) is 17.1 Å². The second kappa shape index (κ2) is 8.65. The first kappa shape index (κ1) is 20.7. The number of carbonyl (C=O) groups excluding carboxylic acids is 2. The molecule has 3 aromatic rings. The van der Waals surface area contributed by atoms with E-state index in [1.807, 2.05) is 54.8 Å². The lowest BCUT2D eigenvalue weighted by atomic mass is 10.1. The largest absolute Gasteiger partial charge is 0.493 e. The molecule has 0 fully saturated rings. The van der Waals surface area contributed by atoms with E-state index in [2.05, 4.69) is 5.32 Å². The van der Waals surface area contributed by atoms with Gasteiger partial charge >= 0.3 is 0 Å². The van der Waals surface area contributed by atoms with Gasteiger partial charge in [-0.15, -0.1) is 11.3 Å². The van der Waals surface area contributed by atoms with Crippen LogP contribution in [0.2, 0.25) is 0 Å². The van der Waals surface area contributed by atoms with Gasteiger partial charge in [-0.25, -0.2) is 0 Å². The van der Waals surface area contributed by atoms with Crippen LogP contribution in [-0.4, -0.2) is 30.9 Å². The van der Waals surface area contributed by atoms with Crippen molar-refractivity contribution in [1.82, 2.24) is 4.90 Å². The number of imide groups is 1. The summed E-state index contributed by atoms with van der Waals surface area (Å²) >= 11 is 1.43. The number of rotatable bonds is 7. The standard InChI is InChI=1S/C24H22N2O4S/c1-15-6-9-17(10-7-15)25-22-21(20-5-4-12-31-20)23(27)26(24(22)28)14-16-8-11-18(29-2)19(13-16)30-3/h4-13,25H,14H2,1-3H3. The number of carbonyl (C=O) groups is 2. The molecule has 0 bridgehead atoms. The molecule has 0 saturated carbocycles. The van der Waals surface area contributed by atoms with Gasteiger partial charge < -0.3 is 14.8 Å². The van der Waals surface area contributed by atoms with Crippen molar-refractivity contribution in [3.63, 3.8) is 0 Å². The first-order valence-electron chi connectivity index (χ1n) is 9.70. The van der Waals surface area contributed by atoms with Crippen molar-refractivity contribution in [1.29, 1.82) is 0 Å². The van der Waals surface area contributed by atoms with E-state index in [1.165, 1.54) is 16.2 Å². The maximum absolute atomic E-state index is 13.3. The van der Waals surface area contributed by atoms with Gasteiger partial charge in [0.25, 0.3) is 11.8 Å². The highest BCUT2D eigenvalue weighted by Crippen LogP contribution is 2.35. The van der Waals surface area contributed by atoms with E-state index >= 15 is 0 Å². The monoisotopic (exact) mass is 434 g/mol. The summed E-state index contributed by atoms with van der Waals surface area (Å²) in [6.07, 6.45) is 0. The fourth-order valence-corrected chi connectivity index (χ4v) is 4.20. The first-order chi connectivity index (χ1) is 15.0. The van der Waals surface area contributed by atoms with Gasteiger partial charge in [-0.3, -0.25) is 14.5 Å². The molecule has 6 nitrogen and oxygen atoms in total. The van der Waals surface area contributed by atoms with Crippen molar-refractivity contribution >= 4 is 34.4 Å². The molecule has 0 atom stereocenters. The quantitative estimate of drug-likeness (QED) is 0.556. The third-order valence-corrected chi connectivity index (χ3v) is 5.93. The fraction of sp³-hybridized carbons (Fsp3) is 0.167. The summed E-state index contributed by atoms with van der Waals surface area (Å²) in [5.41, 5.74) is 3.31. The summed E-state index contributed by atoms with van der Waals surface area (Å²) in [5.74, 6) is 0.452. The van der Waals surface area contributed by atoms with Crippen LogP contribution in [0.1, 0.15) is 16.0 Å². The Morgan fingerprint density at radius 1 is 0.935 bits per heavy atom. The van der Waals surface area contributed by atoms with Crippen molar-refractivity contribution < 1.29 is 19.1 Å². The van der Waals surface area contributed by atoms with Crippen molar-refractivity contribution in [2.24, 2.45) is 0 Å². The predicted molar refractivity (Wildman–Crippen MR) is 121 cm³/mol. The molecule has 1 aliphatic rings. The van der Waals surface area contributed by atoms with Crippen LogP contribution in [0.25, 0.3) is 5.57 Å². The van der Waals surface area contributed by atoms with Crippen LogP contribution in [0.5, 0.6) is 11.5 Å². The van der Waals surface area contributed by atoms with Gasteiger partial charge in [0.2, 0.25) is 0 Å². The number of ether oxygens (including phenoxy) is 2. The Morgan fingerprint density at radius 2 is 1.68 bits per heavy atom. The highest BCUT2D eigenvalue weighted by Gasteiger charge is 2.39. The van der Waals surface area contributed by atoms with E-state index in [0.717, 1.165) is 21.7 Å². The summed E-state index contributed by atoms with van der Waals surface area (Å²) < 4.78 is 10.6. The van der Waals surface area contributed by atoms with Crippen molar-refractivity contribution in [3.05, 3.63) is 81.7 Å². The van der Waals surface area contributed by atoms with Crippen molar-refractivity contribution in [2.45, 2.75) is 13.5 Å². The maximum Gasteiger partial charge on any atom is 0.278 e. The third kappa shape index (κ3) is 4.04. The normalized spacial score (nSPS) is 13.7. The number of nitrogens with zero attached hydrogens (tertiary/aromatic N) is 1. The molecular weight excluding hydrogens is 412 g/mol. The molecule has 0 unspecified atom stereocenters. The van der Waals surface area contributed by atoms with E-state index in [-0.39, 0.29) is 24.1 Å². The van der Waals surface area contributed by atoms with E-state index in [1.54, 1.807) is 26.4 Å². The number of amides is 2. The molecular formula is C24H22N2O4S. The Kier molecular flexibility index (Phi) is 5.77. The molecule has 2 aromatic carbocycles. The zero-order valence-corrected chi connectivity index (χ0v) is 18.3. The molecule has 0 aliphatic carbocycles. The van der Waals surface area contributed by atoms with Crippen LogP contribution in [-0.2, 0) is 16.1 Å². The summed E-state index contributed by atoms with van der Waals surface area (Å²) in [6.45, 7) is 2.13. The maximum atomic E-state index is 13.3. The van der Waals surface area contributed by atoms with E-state index in [9.17, 15) is 9.59 Å². The Hall–Kier alpha value is -3.58. The second-order valence-corrected chi connectivity index (χ2v) is 8.05. The Labute approximate surface area is 184 Å². The number of thiophene rings is 1. The summed E-state index contributed by atoms with van der Waals surface area (Å²) in [4.78, 5) is 28.6. The van der Waals surface area contributed by atoms with Gasteiger partial charge in [-0.05, 0) is 48.2 Å². The molecule has 2 amide bonds. The van der Waals surface area contributed by atoms with Gasteiger partial charge in [0, 0.05) is 10.6 Å². The third-order valence-electron chi connectivity index (χ3n) is 5.05. The number of nitrogens with one attached hydrogen (secondary N) is 1. The summed E-state index contributed by atoms with van der Waals surface area (Å²) in [5, 5.41) is 5.06. The molecule has 0 saturated heterocycles. The highest BCUT2D eigenvalue weighted by molar-refractivity contribution is 7.11. The number of hydrogen-bond acceptors (Lipinski definition) is 6. The molecule has 0 spiro atoms. The van der Waals surface area contributed by atoms with E-state index in [4.69, 9.17) is 9.47 Å². The highest BCUT2D eigenvalue weighted by atomic mass is 32.1. The van der Waals surface area contributed by atoms with Crippen LogP contribution >= 0.6 is 11.3 Å². The molecule has 1 N–H and O–H groups in total. The first-order valence-corrected chi connectivity index (χ1v) is 10.6. The minimum absolute atomic E-state index is 0.131. The van der Waals surface area contributed by atoms with Crippen LogP contribution in [0, 0.1) is 6.92 Å². The predicted octanol–water partition coefficient (Wildman–Crippen LogP) is 4.47. The zero-order chi connectivity index (χ0) is 22.0. The van der Waals surface area contributed by atoms with Crippen LogP contribution in [0.15, 0.2) is 65.7 Å². The SMILES string of the molecule is COc1ccc(CN2C(=O)C(Nc3ccc(C)cc3)=C(c3cccs3)C2=O)cc1OC. The minimum Gasteiger partial charge on any atom is -0.493 e. The summed E-state index contributed by atoms with van der Waals surface area (Å²) in [6, 6.07) is 16.8. The lowest BCUT2D eigenvalue weighted by Crippen LogP contribution is -2.32. The van der Waals surface area contributed by atoms with Crippen LogP contribution in [0.3, 0.4) is 0 Å². The van der Waals surface area contributed by atoms with Gasteiger partial charge in [0.05, 0.1) is 26.3 Å². The minimum atomic E-state index is -0.358. The zero-order valence-electron chi connectivity index (χ0n) is 17.5.